The van der Waals surface area contributed by atoms with Gasteiger partial charge in [-0.05, 0) is 17.7 Å². The van der Waals surface area contributed by atoms with E-state index in [9.17, 15) is 4.39 Å². The quantitative estimate of drug-likeness (QED) is 0.699. The molecule has 4 heteroatoms. The van der Waals surface area contributed by atoms with Crippen LogP contribution in [0.1, 0.15) is 18.0 Å². The molecule has 1 heterocycles. The molecule has 0 saturated heterocycles. The molecule has 0 N–H and O–H groups in total. The van der Waals surface area contributed by atoms with Crippen molar-refractivity contribution < 1.29 is 4.39 Å². The summed E-state index contributed by atoms with van der Waals surface area (Å²) in [4.78, 5) is 0. The van der Waals surface area contributed by atoms with Gasteiger partial charge in [0, 0.05) is 13.5 Å². The normalized spacial score (nSPS) is 21.2. The van der Waals surface area contributed by atoms with Crippen molar-refractivity contribution in [1.29, 1.82) is 0 Å². The molecule has 1 unspecified atom stereocenters. The van der Waals surface area contributed by atoms with Gasteiger partial charge in [0.15, 0.2) is 0 Å². The molecule has 1 aliphatic rings. The van der Waals surface area contributed by atoms with Crippen LogP contribution < -0.4 is 0 Å². The van der Waals surface area contributed by atoms with E-state index < -0.39 is 0 Å². The Morgan fingerprint density at radius 2 is 2.07 bits per heavy atom. The topological polar surface area (TPSA) is 15.6 Å². The van der Waals surface area contributed by atoms with E-state index in [4.69, 9.17) is 11.6 Å². The lowest BCUT2D eigenvalue weighted by atomic mass is 10.1. The molecule has 14 heavy (non-hydrogen) atoms. The molecule has 0 aromatic heterocycles. The number of hydrogen-bond acceptors (Lipinski definition) is 2. The molecule has 0 bridgehead atoms. The van der Waals surface area contributed by atoms with E-state index in [-0.39, 0.29) is 11.9 Å². The van der Waals surface area contributed by atoms with Gasteiger partial charge in [-0.1, -0.05) is 23.7 Å². The van der Waals surface area contributed by atoms with E-state index in [1.54, 1.807) is 17.1 Å². The van der Waals surface area contributed by atoms with E-state index in [2.05, 4.69) is 5.10 Å². The Kier molecular flexibility index (Phi) is 2.42. The summed E-state index contributed by atoms with van der Waals surface area (Å²) in [5.74, 6) is -0.221. The predicted molar refractivity (Wildman–Crippen MR) is 54.8 cm³/mol. The third-order valence-electron chi connectivity index (χ3n) is 2.33. The Morgan fingerprint density at radius 3 is 2.57 bits per heavy atom. The van der Waals surface area contributed by atoms with Gasteiger partial charge in [0.2, 0.25) is 0 Å². The van der Waals surface area contributed by atoms with Crippen molar-refractivity contribution in [3.8, 4) is 0 Å². The molecular formula is C10H10ClFN2. The van der Waals surface area contributed by atoms with Crippen LogP contribution >= 0.6 is 11.6 Å². The molecule has 1 atom stereocenters. The van der Waals surface area contributed by atoms with Gasteiger partial charge in [0.25, 0.3) is 0 Å². The molecule has 1 aromatic rings. The highest BCUT2D eigenvalue weighted by Gasteiger charge is 2.23. The minimum absolute atomic E-state index is 0.142. The third-order valence-corrected chi connectivity index (χ3v) is 2.56. The van der Waals surface area contributed by atoms with E-state index in [0.717, 1.165) is 5.56 Å². The number of benzene rings is 1. The molecule has 0 amide bonds. The molecule has 74 valence electrons. The van der Waals surface area contributed by atoms with Gasteiger partial charge in [-0.2, -0.15) is 5.10 Å². The number of rotatable bonds is 1. The van der Waals surface area contributed by atoms with Crippen molar-refractivity contribution >= 4 is 16.8 Å². The van der Waals surface area contributed by atoms with Gasteiger partial charge >= 0.3 is 0 Å². The number of nitrogens with zero attached hydrogens (tertiary/aromatic N) is 2. The molecule has 0 radical (unpaired) electrons. The van der Waals surface area contributed by atoms with Gasteiger partial charge in [0.05, 0.1) is 6.04 Å². The van der Waals surface area contributed by atoms with Crippen LogP contribution in [0, 0.1) is 5.82 Å². The fourth-order valence-electron chi connectivity index (χ4n) is 1.59. The second-order valence-electron chi connectivity index (χ2n) is 3.32. The molecule has 1 aliphatic heterocycles. The van der Waals surface area contributed by atoms with Crippen LogP contribution in [0.4, 0.5) is 4.39 Å². The highest BCUT2D eigenvalue weighted by atomic mass is 35.5. The Labute approximate surface area is 87.0 Å². The lowest BCUT2D eigenvalue weighted by Gasteiger charge is -2.18. The molecule has 0 fully saturated rings. The number of hydrogen-bond donors (Lipinski definition) is 0. The van der Waals surface area contributed by atoms with Crippen molar-refractivity contribution in [2.75, 3.05) is 7.05 Å². The summed E-state index contributed by atoms with van der Waals surface area (Å²) in [6, 6.07) is 6.58. The predicted octanol–water partition coefficient (Wildman–Crippen LogP) is 2.75. The summed E-state index contributed by atoms with van der Waals surface area (Å²) in [5.41, 5.74) is 1.04. The van der Waals surface area contributed by atoms with Crippen LogP contribution in [0.3, 0.4) is 0 Å². The summed E-state index contributed by atoms with van der Waals surface area (Å²) < 4.78 is 12.7. The minimum Gasteiger partial charge on any atom is -0.291 e. The first-order valence-corrected chi connectivity index (χ1v) is 4.76. The minimum atomic E-state index is -0.221. The summed E-state index contributed by atoms with van der Waals surface area (Å²) >= 11 is 5.82. The maximum absolute atomic E-state index is 12.7. The summed E-state index contributed by atoms with van der Waals surface area (Å²) in [5, 5.41) is 6.49. The van der Waals surface area contributed by atoms with Crippen molar-refractivity contribution in [2.24, 2.45) is 5.10 Å². The van der Waals surface area contributed by atoms with Crippen LogP contribution in [0.15, 0.2) is 29.4 Å². The summed E-state index contributed by atoms with van der Waals surface area (Å²) in [6.07, 6.45) is 0.698. The lowest BCUT2D eigenvalue weighted by Crippen LogP contribution is -2.13. The zero-order valence-electron chi connectivity index (χ0n) is 7.74. The van der Waals surface area contributed by atoms with E-state index in [1.807, 2.05) is 7.05 Å². The second-order valence-corrected chi connectivity index (χ2v) is 3.76. The Morgan fingerprint density at radius 1 is 1.43 bits per heavy atom. The Bertz CT molecular complexity index is 361. The maximum Gasteiger partial charge on any atom is 0.128 e. The van der Waals surface area contributed by atoms with E-state index in [1.165, 1.54) is 12.1 Å². The molecular weight excluding hydrogens is 203 g/mol. The second kappa shape index (κ2) is 3.58. The van der Waals surface area contributed by atoms with Crippen molar-refractivity contribution in [3.63, 3.8) is 0 Å². The summed E-state index contributed by atoms with van der Waals surface area (Å²) in [6.45, 7) is 0. The van der Waals surface area contributed by atoms with Gasteiger partial charge < -0.3 is 0 Å². The van der Waals surface area contributed by atoms with Crippen LogP contribution in [0.5, 0.6) is 0 Å². The van der Waals surface area contributed by atoms with Crippen LogP contribution in [0.25, 0.3) is 0 Å². The van der Waals surface area contributed by atoms with Crippen LogP contribution in [-0.2, 0) is 0 Å². The highest BCUT2D eigenvalue weighted by Crippen LogP contribution is 2.29. The molecule has 0 saturated carbocycles. The fraction of sp³-hybridized carbons (Fsp3) is 0.300. The lowest BCUT2D eigenvalue weighted by molar-refractivity contribution is 0.289. The molecule has 0 aliphatic carbocycles. The molecule has 0 spiro atoms. The summed E-state index contributed by atoms with van der Waals surface area (Å²) in [7, 11) is 1.86. The van der Waals surface area contributed by atoms with Gasteiger partial charge in [-0.3, -0.25) is 5.01 Å². The molecule has 1 aromatic carbocycles. The van der Waals surface area contributed by atoms with E-state index >= 15 is 0 Å². The zero-order valence-corrected chi connectivity index (χ0v) is 8.50. The Balaban J connectivity index is 2.21. The van der Waals surface area contributed by atoms with Gasteiger partial charge in [-0.25, -0.2) is 4.39 Å². The first-order valence-electron chi connectivity index (χ1n) is 4.38. The first-order chi connectivity index (χ1) is 6.66. The Hall–Kier alpha value is -1.09. The fourth-order valence-corrected chi connectivity index (χ4v) is 1.86. The van der Waals surface area contributed by atoms with Crippen molar-refractivity contribution in [1.82, 2.24) is 5.01 Å². The maximum atomic E-state index is 12.7. The first kappa shape index (κ1) is 9.46. The highest BCUT2D eigenvalue weighted by molar-refractivity contribution is 6.65. The van der Waals surface area contributed by atoms with Crippen molar-refractivity contribution in [2.45, 2.75) is 12.5 Å². The average Bonchev–Trinajstić information content (AvgIpc) is 2.47. The monoisotopic (exact) mass is 212 g/mol. The zero-order chi connectivity index (χ0) is 10.1. The third kappa shape index (κ3) is 1.73. The molecule has 2 rings (SSSR count). The average molecular weight is 213 g/mol. The van der Waals surface area contributed by atoms with Crippen LogP contribution in [0.2, 0.25) is 0 Å². The SMILES string of the molecule is CN1N=C(Cl)CC1c1ccc(F)cc1. The van der Waals surface area contributed by atoms with Crippen LogP contribution in [-0.4, -0.2) is 17.2 Å². The number of halogens is 2. The number of hydrazone groups is 1. The van der Waals surface area contributed by atoms with E-state index in [0.29, 0.717) is 11.6 Å². The smallest absolute Gasteiger partial charge is 0.128 e. The standard InChI is InChI=1S/C10H10ClFN2/c1-14-9(6-10(11)13-14)7-2-4-8(12)5-3-7/h2-5,9H,6H2,1H3. The van der Waals surface area contributed by atoms with Crippen molar-refractivity contribution in [3.05, 3.63) is 35.6 Å². The van der Waals surface area contributed by atoms with Gasteiger partial charge in [-0.15, -0.1) is 0 Å². The largest absolute Gasteiger partial charge is 0.291 e. The molecule has 2 nitrogen and oxygen atoms in total. The van der Waals surface area contributed by atoms with Gasteiger partial charge in [0.1, 0.15) is 11.0 Å².